The molecule has 1 aromatic rings. The molecule has 53 heavy (non-hydrogen) atoms. The predicted octanol–water partition coefficient (Wildman–Crippen LogP) is 5.43. The highest BCUT2D eigenvalue weighted by Gasteiger charge is 2.38. The van der Waals surface area contributed by atoms with Crippen molar-refractivity contribution in [2.45, 2.75) is 130 Å². The molecule has 1 rings (SSSR count). The molecule has 304 valence electrons. The highest BCUT2D eigenvalue weighted by Crippen LogP contribution is 2.36. The first kappa shape index (κ1) is 48.0. The van der Waals surface area contributed by atoms with Crippen LogP contribution >= 0.6 is 0 Å². The third kappa shape index (κ3) is 22.7. The van der Waals surface area contributed by atoms with Crippen LogP contribution in [0, 0.1) is 23.7 Å². The molecule has 0 aliphatic heterocycles. The second kappa shape index (κ2) is 28.4. The van der Waals surface area contributed by atoms with Gasteiger partial charge in [-0.1, -0.05) is 70.9 Å². The number of ether oxygens (including phenoxy) is 3. The summed E-state index contributed by atoms with van der Waals surface area (Å²) in [5, 5.41) is 17.9. The molecule has 6 unspecified atom stereocenters. The van der Waals surface area contributed by atoms with Gasteiger partial charge in [-0.25, -0.2) is 0 Å². The zero-order valence-corrected chi connectivity index (χ0v) is 33.7. The molecule has 0 saturated heterocycles. The number of hydrogen-bond acceptors (Lipinski definition) is 8. The van der Waals surface area contributed by atoms with Gasteiger partial charge < -0.3 is 41.0 Å². The summed E-state index contributed by atoms with van der Waals surface area (Å²) in [5.74, 6) is -1.92. The second-order valence-electron chi connectivity index (χ2n) is 15.2. The SMILES string of the molecule is CC(N)COCCOC(C)COCC(C)NC(=O)C(CC(c1ccccc1)C(C)C)C(C(=O)NCCCCCCNC(=O)CCCCC(=O)O)C(C)C. The van der Waals surface area contributed by atoms with Gasteiger partial charge in [0, 0.05) is 38.0 Å². The molecule has 0 spiro atoms. The van der Waals surface area contributed by atoms with Crippen LogP contribution in [-0.2, 0) is 33.4 Å². The van der Waals surface area contributed by atoms with Crippen LogP contribution in [0.4, 0.5) is 0 Å². The van der Waals surface area contributed by atoms with Gasteiger partial charge in [-0.15, -0.1) is 0 Å². The molecule has 12 nitrogen and oxygen atoms in total. The van der Waals surface area contributed by atoms with Gasteiger partial charge in [0.05, 0.1) is 51.0 Å². The van der Waals surface area contributed by atoms with Gasteiger partial charge in [-0.05, 0) is 76.2 Å². The highest BCUT2D eigenvalue weighted by atomic mass is 16.5. The molecule has 6 atom stereocenters. The Bertz CT molecular complexity index is 1150. The Morgan fingerprint density at radius 2 is 1.36 bits per heavy atom. The Morgan fingerprint density at radius 3 is 1.96 bits per heavy atom. The molecular weight excluding hydrogens is 676 g/mol. The van der Waals surface area contributed by atoms with Gasteiger partial charge in [0.25, 0.3) is 0 Å². The van der Waals surface area contributed by atoms with E-state index in [1.165, 1.54) is 0 Å². The highest BCUT2D eigenvalue weighted by molar-refractivity contribution is 5.88. The smallest absolute Gasteiger partial charge is 0.303 e. The minimum atomic E-state index is -0.842. The summed E-state index contributed by atoms with van der Waals surface area (Å²) in [6.07, 6.45) is 5.34. The second-order valence-corrected chi connectivity index (χ2v) is 15.2. The standard InChI is InChI=1S/C41H72N4O8/c1-29(2)35(34-17-11-10-12-18-34)25-36(40(49)45-32(6)27-52-28-33(7)53-24-23-51-26-31(5)42)39(30(3)4)41(50)44-22-16-9-8-15-21-43-37(46)19-13-14-20-38(47)48/h10-12,17-18,29-33,35-36,39H,8-9,13-16,19-28,42H2,1-7H3,(H,43,46)(H,44,50)(H,45,49)(H,47,48). The molecule has 0 aromatic heterocycles. The topological polar surface area (TPSA) is 178 Å². The van der Waals surface area contributed by atoms with E-state index >= 15 is 0 Å². The van der Waals surface area contributed by atoms with Crippen molar-refractivity contribution in [3.8, 4) is 0 Å². The lowest BCUT2D eigenvalue weighted by atomic mass is 9.73. The number of benzene rings is 1. The molecule has 12 heteroatoms. The van der Waals surface area contributed by atoms with Crippen molar-refractivity contribution in [1.82, 2.24) is 16.0 Å². The van der Waals surface area contributed by atoms with Crippen LogP contribution in [0.1, 0.15) is 118 Å². The number of unbranched alkanes of at least 4 members (excludes halogenated alkanes) is 4. The zero-order valence-electron chi connectivity index (χ0n) is 33.7. The molecule has 0 heterocycles. The van der Waals surface area contributed by atoms with E-state index in [0.29, 0.717) is 71.8 Å². The maximum absolute atomic E-state index is 14.1. The molecule has 0 radical (unpaired) electrons. The minimum Gasteiger partial charge on any atom is -0.481 e. The maximum atomic E-state index is 14.1. The van der Waals surface area contributed by atoms with Crippen LogP contribution in [0.3, 0.4) is 0 Å². The molecule has 6 N–H and O–H groups in total. The Kier molecular flexibility index (Phi) is 25.7. The molecule has 1 aromatic carbocycles. The van der Waals surface area contributed by atoms with Crippen LogP contribution in [0.2, 0.25) is 0 Å². The lowest BCUT2D eigenvalue weighted by molar-refractivity contribution is -0.137. The number of amides is 3. The van der Waals surface area contributed by atoms with E-state index in [4.69, 9.17) is 25.1 Å². The lowest BCUT2D eigenvalue weighted by Gasteiger charge is -2.33. The number of carboxylic acid groups (broad SMARTS) is 1. The van der Waals surface area contributed by atoms with Crippen molar-refractivity contribution >= 4 is 23.7 Å². The first-order valence-electron chi connectivity index (χ1n) is 19.9. The Labute approximate surface area is 319 Å². The monoisotopic (exact) mass is 749 g/mol. The first-order valence-corrected chi connectivity index (χ1v) is 19.9. The van der Waals surface area contributed by atoms with Crippen LogP contribution in [0.5, 0.6) is 0 Å². The van der Waals surface area contributed by atoms with Crippen LogP contribution in [-0.4, -0.2) is 93.1 Å². The molecule has 0 bridgehead atoms. The number of nitrogens with two attached hydrogens (primary N) is 1. The largest absolute Gasteiger partial charge is 0.481 e. The van der Waals surface area contributed by atoms with Gasteiger partial charge in [-0.3, -0.25) is 19.2 Å². The number of nitrogens with one attached hydrogen (secondary N) is 3. The number of carboxylic acids is 1. The average molecular weight is 749 g/mol. The molecule has 0 aliphatic rings. The van der Waals surface area contributed by atoms with Gasteiger partial charge in [0.2, 0.25) is 17.7 Å². The van der Waals surface area contributed by atoms with Gasteiger partial charge in [0.1, 0.15) is 0 Å². The molecule has 0 saturated carbocycles. The number of rotatable bonds is 31. The van der Waals surface area contributed by atoms with Crippen molar-refractivity contribution in [1.29, 1.82) is 0 Å². The Hall–Kier alpha value is -3.06. The van der Waals surface area contributed by atoms with Gasteiger partial charge >= 0.3 is 5.97 Å². The van der Waals surface area contributed by atoms with Crippen molar-refractivity contribution in [3.05, 3.63) is 35.9 Å². The maximum Gasteiger partial charge on any atom is 0.303 e. The summed E-state index contributed by atoms with van der Waals surface area (Å²) >= 11 is 0. The normalized spacial score (nSPS) is 15.0. The summed E-state index contributed by atoms with van der Waals surface area (Å²) in [5.41, 5.74) is 6.86. The summed E-state index contributed by atoms with van der Waals surface area (Å²) in [6, 6.07) is 9.94. The van der Waals surface area contributed by atoms with E-state index < -0.39 is 17.8 Å². The molecule has 0 aliphatic carbocycles. The molecular formula is C41H72N4O8. The Morgan fingerprint density at radius 1 is 0.717 bits per heavy atom. The average Bonchev–Trinajstić information content (AvgIpc) is 3.09. The zero-order chi connectivity index (χ0) is 39.6. The molecule has 3 amide bonds. The third-order valence-corrected chi connectivity index (χ3v) is 9.22. The lowest BCUT2D eigenvalue weighted by Crippen LogP contribution is -2.48. The van der Waals surface area contributed by atoms with E-state index in [9.17, 15) is 19.2 Å². The first-order chi connectivity index (χ1) is 25.2. The third-order valence-electron chi connectivity index (χ3n) is 9.22. The van der Waals surface area contributed by atoms with Crippen molar-refractivity contribution < 1.29 is 38.5 Å². The minimum absolute atomic E-state index is 0.0152. The molecule has 0 fully saturated rings. The number of hydrogen-bond donors (Lipinski definition) is 5. The summed E-state index contributed by atoms with van der Waals surface area (Å²) in [7, 11) is 0. The fourth-order valence-corrected chi connectivity index (χ4v) is 6.37. The van der Waals surface area contributed by atoms with Crippen molar-refractivity contribution in [2.75, 3.05) is 46.1 Å². The predicted molar refractivity (Wildman–Crippen MR) is 209 cm³/mol. The van der Waals surface area contributed by atoms with E-state index in [2.05, 4.69) is 41.9 Å². The fourth-order valence-electron chi connectivity index (χ4n) is 6.37. The summed E-state index contributed by atoms with van der Waals surface area (Å²) in [6.45, 7) is 17.3. The van der Waals surface area contributed by atoms with Crippen LogP contribution < -0.4 is 21.7 Å². The van der Waals surface area contributed by atoms with Gasteiger partial charge in [-0.2, -0.15) is 0 Å². The summed E-state index contributed by atoms with van der Waals surface area (Å²) in [4.78, 5) is 50.5. The van der Waals surface area contributed by atoms with Gasteiger partial charge in [0.15, 0.2) is 0 Å². The van der Waals surface area contributed by atoms with Crippen LogP contribution in [0.25, 0.3) is 0 Å². The van der Waals surface area contributed by atoms with E-state index in [-0.39, 0.29) is 60.1 Å². The van der Waals surface area contributed by atoms with Crippen molar-refractivity contribution in [2.24, 2.45) is 29.4 Å². The summed E-state index contributed by atoms with van der Waals surface area (Å²) < 4.78 is 17.1. The van der Waals surface area contributed by atoms with Crippen LogP contribution in [0.15, 0.2) is 30.3 Å². The Balaban J connectivity index is 2.75. The number of aliphatic carboxylic acids is 1. The number of carbonyl (C=O) groups is 4. The van der Waals surface area contributed by atoms with Crippen molar-refractivity contribution in [3.63, 3.8) is 0 Å². The fraction of sp³-hybridized carbons (Fsp3) is 0.756. The number of carbonyl (C=O) groups excluding carboxylic acids is 3. The quantitative estimate of drug-likeness (QED) is 0.0620. The van der Waals surface area contributed by atoms with E-state index in [1.54, 1.807) is 0 Å². The van der Waals surface area contributed by atoms with E-state index in [1.807, 2.05) is 52.8 Å². The van der Waals surface area contributed by atoms with E-state index in [0.717, 1.165) is 31.2 Å².